The molecule has 0 spiro atoms. The van der Waals surface area contributed by atoms with E-state index < -0.39 is 12.1 Å². The van der Waals surface area contributed by atoms with Crippen LogP contribution in [0.1, 0.15) is 50.8 Å². The van der Waals surface area contributed by atoms with Crippen LogP contribution in [0.2, 0.25) is 0 Å². The van der Waals surface area contributed by atoms with E-state index in [0.717, 1.165) is 28.6 Å². The van der Waals surface area contributed by atoms with Crippen LogP contribution in [-0.2, 0) is 16.1 Å². The zero-order valence-corrected chi connectivity index (χ0v) is 21.7. The van der Waals surface area contributed by atoms with E-state index in [1.54, 1.807) is 4.90 Å². The van der Waals surface area contributed by atoms with E-state index in [4.69, 9.17) is 4.74 Å². The van der Waals surface area contributed by atoms with E-state index in [0.29, 0.717) is 24.4 Å². The highest BCUT2D eigenvalue weighted by molar-refractivity contribution is 9.10. The van der Waals surface area contributed by atoms with Gasteiger partial charge in [-0.15, -0.1) is 0 Å². The number of halogens is 1. The minimum absolute atomic E-state index is 0.0467. The van der Waals surface area contributed by atoms with Crippen LogP contribution >= 0.6 is 15.9 Å². The molecule has 0 bridgehead atoms. The van der Waals surface area contributed by atoms with Gasteiger partial charge in [0.1, 0.15) is 11.8 Å². The fraction of sp³-hybridized carbons (Fsp3) is 0.462. The lowest BCUT2D eigenvalue weighted by Gasteiger charge is -2.31. The van der Waals surface area contributed by atoms with Crippen LogP contribution in [0.15, 0.2) is 46.9 Å². The lowest BCUT2D eigenvalue weighted by Crippen LogP contribution is -2.48. The quantitative estimate of drug-likeness (QED) is 0.507. The Balaban J connectivity index is 2.06. The Bertz CT molecular complexity index is 975. The molecule has 0 aromatic heterocycles. The van der Waals surface area contributed by atoms with Crippen molar-refractivity contribution in [3.63, 3.8) is 0 Å². The molecule has 0 aliphatic carbocycles. The van der Waals surface area contributed by atoms with Crippen LogP contribution in [0.25, 0.3) is 0 Å². The van der Waals surface area contributed by atoms with Crippen molar-refractivity contribution >= 4 is 33.4 Å². The van der Waals surface area contributed by atoms with E-state index in [2.05, 4.69) is 28.2 Å². The van der Waals surface area contributed by atoms with Gasteiger partial charge in [0, 0.05) is 42.9 Å². The van der Waals surface area contributed by atoms with Crippen molar-refractivity contribution in [3.8, 4) is 5.75 Å². The molecule has 2 atom stereocenters. The highest BCUT2D eigenvalue weighted by atomic mass is 79.9. The van der Waals surface area contributed by atoms with Crippen LogP contribution in [0.5, 0.6) is 5.75 Å². The lowest BCUT2D eigenvalue weighted by atomic mass is 10.0. The number of rotatable bonds is 8. The van der Waals surface area contributed by atoms with E-state index in [1.807, 2.05) is 75.3 Å². The Hall–Kier alpha value is -2.54. The highest BCUT2D eigenvalue weighted by Gasteiger charge is 2.42. The Kier molecular flexibility index (Phi) is 8.40. The number of benzene rings is 2. The molecule has 178 valence electrons. The lowest BCUT2D eigenvalue weighted by molar-refractivity contribution is -0.147. The smallest absolute Gasteiger partial charge is 0.265 e. The molecule has 7 heteroatoms. The van der Waals surface area contributed by atoms with Crippen molar-refractivity contribution in [1.82, 2.24) is 10.2 Å². The van der Waals surface area contributed by atoms with Crippen LogP contribution in [0, 0.1) is 5.92 Å². The largest absolute Gasteiger partial charge is 0.480 e. The summed E-state index contributed by atoms with van der Waals surface area (Å²) in [6.45, 7) is 6.90. The van der Waals surface area contributed by atoms with Crippen molar-refractivity contribution < 1.29 is 14.3 Å². The molecule has 2 unspecified atom stereocenters. The predicted molar refractivity (Wildman–Crippen MR) is 135 cm³/mol. The first-order chi connectivity index (χ1) is 15.7. The van der Waals surface area contributed by atoms with Gasteiger partial charge in [-0.1, -0.05) is 55.3 Å². The maximum absolute atomic E-state index is 13.8. The van der Waals surface area contributed by atoms with Gasteiger partial charge < -0.3 is 19.9 Å². The van der Waals surface area contributed by atoms with E-state index in [-0.39, 0.29) is 17.7 Å². The van der Waals surface area contributed by atoms with Crippen molar-refractivity contribution in [3.05, 3.63) is 58.1 Å². The maximum Gasteiger partial charge on any atom is 0.265 e. The molecule has 0 saturated carbocycles. The fourth-order valence-corrected chi connectivity index (χ4v) is 4.32. The van der Waals surface area contributed by atoms with Crippen LogP contribution in [0.4, 0.5) is 5.69 Å². The number of fused-ring (bicyclic) bond motifs is 1. The summed E-state index contributed by atoms with van der Waals surface area (Å²) < 4.78 is 7.05. The van der Waals surface area contributed by atoms with Crippen molar-refractivity contribution in [1.29, 1.82) is 0 Å². The number of hydrogen-bond acceptors (Lipinski definition) is 4. The number of ether oxygens (including phenoxy) is 1. The van der Waals surface area contributed by atoms with Crippen molar-refractivity contribution in [2.75, 3.05) is 25.5 Å². The van der Waals surface area contributed by atoms with Gasteiger partial charge in [0.15, 0.2) is 6.10 Å². The number of carbonyl (C=O) groups is 2. The molecule has 1 heterocycles. The summed E-state index contributed by atoms with van der Waals surface area (Å²) in [6, 6.07) is 12.9. The minimum Gasteiger partial charge on any atom is -0.480 e. The zero-order valence-electron chi connectivity index (χ0n) is 20.1. The third-order valence-electron chi connectivity index (χ3n) is 5.85. The second-order valence-electron chi connectivity index (χ2n) is 9.04. The second kappa shape index (κ2) is 11.1. The van der Waals surface area contributed by atoms with Crippen LogP contribution < -0.4 is 15.0 Å². The predicted octanol–water partition coefficient (Wildman–Crippen LogP) is 4.92. The van der Waals surface area contributed by atoms with E-state index >= 15 is 0 Å². The standard InChI is InChI=1S/C26H34BrN3O3/c1-6-7-14-28-25(31)23-21-15-19(27)10-13-22(21)33-24(17(2)3)26(32)30(23)16-18-8-11-20(12-9-18)29(4)5/h8-13,15,17,23-24H,6-7,14,16H2,1-5H3,(H,28,31). The summed E-state index contributed by atoms with van der Waals surface area (Å²) in [5, 5.41) is 3.04. The maximum atomic E-state index is 13.8. The number of nitrogens with one attached hydrogen (secondary N) is 1. The minimum atomic E-state index is -0.779. The fourth-order valence-electron chi connectivity index (χ4n) is 3.94. The Morgan fingerprint density at radius 3 is 2.48 bits per heavy atom. The van der Waals surface area contributed by atoms with Gasteiger partial charge in [-0.2, -0.15) is 0 Å². The number of nitrogens with zero attached hydrogens (tertiary/aromatic N) is 2. The van der Waals surface area contributed by atoms with Gasteiger partial charge in [0.2, 0.25) is 5.91 Å². The summed E-state index contributed by atoms with van der Waals surface area (Å²) >= 11 is 3.53. The molecule has 1 N–H and O–H groups in total. The average molecular weight is 516 g/mol. The van der Waals surface area contributed by atoms with Crippen LogP contribution in [0.3, 0.4) is 0 Å². The van der Waals surface area contributed by atoms with Gasteiger partial charge in [-0.25, -0.2) is 0 Å². The summed E-state index contributed by atoms with van der Waals surface area (Å²) in [5.41, 5.74) is 2.73. The highest BCUT2D eigenvalue weighted by Crippen LogP contribution is 2.38. The number of unbranched alkanes of at least 4 members (excludes halogenated alkanes) is 1. The molecule has 1 aliphatic heterocycles. The molecule has 2 aromatic carbocycles. The first kappa shape index (κ1) is 25.1. The number of hydrogen-bond donors (Lipinski definition) is 1. The number of anilines is 1. The topological polar surface area (TPSA) is 61.9 Å². The molecule has 33 heavy (non-hydrogen) atoms. The SMILES string of the molecule is CCCCNC(=O)C1c2cc(Br)ccc2OC(C(C)C)C(=O)N1Cc1ccc(N(C)C)cc1. The van der Waals surface area contributed by atoms with Gasteiger partial charge in [-0.3, -0.25) is 9.59 Å². The first-order valence-corrected chi connectivity index (χ1v) is 12.3. The molecular weight excluding hydrogens is 482 g/mol. The zero-order chi connectivity index (χ0) is 24.1. The molecule has 2 aromatic rings. The number of carbonyl (C=O) groups excluding carboxylic acids is 2. The molecule has 0 radical (unpaired) electrons. The normalized spacial score (nSPS) is 17.9. The monoisotopic (exact) mass is 515 g/mol. The van der Waals surface area contributed by atoms with Crippen LogP contribution in [-0.4, -0.2) is 43.5 Å². The molecule has 0 saturated heterocycles. The first-order valence-electron chi connectivity index (χ1n) is 11.5. The van der Waals surface area contributed by atoms with Gasteiger partial charge in [-0.05, 0) is 48.2 Å². The summed E-state index contributed by atoms with van der Waals surface area (Å²) in [5.74, 6) is 0.166. The van der Waals surface area contributed by atoms with Gasteiger partial charge >= 0.3 is 0 Å². The van der Waals surface area contributed by atoms with Crippen molar-refractivity contribution in [2.45, 2.75) is 52.3 Å². The summed E-state index contributed by atoms with van der Waals surface area (Å²) in [6.07, 6.45) is 1.20. The van der Waals surface area contributed by atoms with Crippen molar-refractivity contribution in [2.24, 2.45) is 5.92 Å². The van der Waals surface area contributed by atoms with Gasteiger partial charge in [0.25, 0.3) is 5.91 Å². The molecule has 3 rings (SSSR count). The Morgan fingerprint density at radius 1 is 1.18 bits per heavy atom. The van der Waals surface area contributed by atoms with E-state index in [9.17, 15) is 9.59 Å². The number of amides is 2. The molecule has 2 amide bonds. The molecule has 6 nitrogen and oxygen atoms in total. The van der Waals surface area contributed by atoms with E-state index in [1.165, 1.54) is 0 Å². The summed E-state index contributed by atoms with van der Waals surface area (Å²) in [7, 11) is 3.98. The second-order valence-corrected chi connectivity index (χ2v) is 9.95. The Labute approximate surface area is 205 Å². The molecular formula is C26H34BrN3O3. The summed E-state index contributed by atoms with van der Waals surface area (Å²) in [4.78, 5) is 31.0. The third kappa shape index (κ3) is 5.88. The third-order valence-corrected chi connectivity index (χ3v) is 6.34. The van der Waals surface area contributed by atoms with Gasteiger partial charge in [0.05, 0.1) is 0 Å². The average Bonchev–Trinajstić information content (AvgIpc) is 2.89. The molecule has 1 aliphatic rings. The Morgan fingerprint density at radius 2 is 1.88 bits per heavy atom. The molecule has 0 fully saturated rings.